The molecule has 4 bridgehead atoms. The number of aryl methyl sites for hydroxylation is 2. The highest BCUT2D eigenvalue weighted by Gasteiger charge is 2.43. The molecule has 2 aromatic carbocycles. The van der Waals surface area contributed by atoms with Crippen LogP contribution in [0.15, 0.2) is 59.9 Å². The van der Waals surface area contributed by atoms with Gasteiger partial charge in [-0.25, -0.2) is 0 Å². The van der Waals surface area contributed by atoms with Crippen LogP contribution in [-0.2, 0) is 32.0 Å². The van der Waals surface area contributed by atoms with Crippen LogP contribution in [0.3, 0.4) is 0 Å². The number of imide groups is 2. The van der Waals surface area contributed by atoms with Gasteiger partial charge in [0.1, 0.15) is 11.4 Å². The Morgan fingerprint density at radius 1 is 0.410 bits per heavy atom. The van der Waals surface area contributed by atoms with Crippen molar-refractivity contribution in [1.29, 1.82) is 0 Å². The first-order valence-electron chi connectivity index (χ1n) is 23.1. The predicted molar refractivity (Wildman–Crippen MR) is 240 cm³/mol. The van der Waals surface area contributed by atoms with E-state index in [1.54, 1.807) is 14.1 Å². The molecule has 0 atom stereocenters. The molecular weight excluding hydrogens is 765 g/mol. The SMILES string of the molecule is CN1C(=O)C2=C(C1=O)N1CCN(CCCCCN3CCN(CC3)C3=C(C(=O)N(C)C3=O)c3c([nH]c4ccccc34)CCCCCCCCCCc3[nH]c4ccccc4c32)CC1. The molecule has 322 valence electrons. The summed E-state index contributed by atoms with van der Waals surface area (Å²) in [7, 11) is 3.25. The minimum atomic E-state index is -0.202. The summed E-state index contributed by atoms with van der Waals surface area (Å²) >= 11 is 0. The van der Waals surface area contributed by atoms with Crippen molar-refractivity contribution in [3.8, 4) is 0 Å². The van der Waals surface area contributed by atoms with E-state index in [0.29, 0.717) is 22.5 Å². The zero-order chi connectivity index (χ0) is 42.0. The molecule has 2 aromatic heterocycles. The Bertz CT molecular complexity index is 2210. The van der Waals surface area contributed by atoms with E-state index in [1.807, 2.05) is 24.3 Å². The maximum atomic E-state index is 14.0. The highest BCUT2D eigenvalue weighted by Crippen LogP contribution is 2.40. The summed E-state index contributed by atoms with van der Waals surface area (Å²) in [5.41, 5.74) is 8.20. The Hall–Kier alpha value is -5.20. The van der Waals surface area contributed by atoms with E-state index in [4.69, 9.17) is 0 Å². The molecule has 7 aliphatic heterocycles. The molecule has 12 nitrogen and oxygen atoms in total. The number of piperazine rings is 2. The number of fused-ring (bicyclic) bond motifs is 4. The van der Waals surface area contributed by atoms with Crippen molar-refractivity contribution in [3.63, 3.8) is 0 Å². The third-order valence-corrected chi connectivity index (χ3v) is 14.0. The fourth-order valence-electron chi connectivity index (χ4n) is 10.5. The minimum Gasteiger partial charge on any atom is -0.364 e. The molecule has 2 N–H and O–H groups in total. The zero-order valence-electron chi connectivity index (χ0n) is 36.2. The van der Waals surface area contributed by atoms with E-state index < -0.39 is 0 Å². The molecule has 4 aromatic rings. The number of para-hydroxylation sites is 2. The predicted octanol–water partition coefficient (Wildman–Crippen LogP) is 6.39. The number of benzene rings is 2. The molecule has 0 spiro atoms. The van der Waals surface area contributed by atoms with Crippen molar-refractivity contribution in [1.82, 2.24) is 39.4 Å². The van der Waals surface area contributed by atoms with Gasteiger partial charge in [-0.15, -0.1) is 0 Å². The fraction of sp³-hybridized carbons (Fsp3) is 0.510. The molecule has 0 aliphatic carbocycles. The van der Waals surface area contributed by atoms with Crippen molar-refractivity contribution in [2.45, 2.75) is 83.5 Å². The van der Waals surface area contributed by atoms with Crippen LogP contribution in [-0.4, -0.2) is 143 Å². The van der Waals surface area contributed by atoms with Gasteiger partial charge in [-0.1, -0.05) is 81.3 Å². The number of hydrogen-bond donors (Lipinski definition) is 2. The highest BCUT2D eigenvalue weighted by molar-refractivity contribution is 6.38. The molecule has 2 saturated heterocycles. The average Bonchev–Trinajstić information content (AvgIpc) is 3.96. The van der Waals surface area contributed by atoms with Gasteiger partial charge in [0, 0.05) is 111 Å². The number of carbonyl (C=O) groups excluding carboxylic acids is 4. The summed E-state index contributed by atoms with van der Waals surface area (Å²) in [6.07, 6.45) is 13.8. The van der Waals surface area contributed by atoms with E-state index in [-0.39, 0.29) is 23.6 Å². The van der Waals surface area contributed by atoms with Gasteiger partial charge in [0.2, 0.25) is 0 Å². The maximum Gasteiger partial charge on any atom is 0.277 e. The number of H-pyrrole nitrogens is 2. The van der Waals surface area contributed by atoms with Crippen LogP contribution in [0.25, 0.3) is 33.0 Å². The molecular formula is C49H62N8O4. The molecule has 0 unspecified atom stereocenters. The van der Waals surface area contributed by atoms with Crippen LogP contribution >= 0.6 is 0 Å². The normalized spacial score (nSPS) is 23.6. The summed E-state index contributed by atoms with van der Waals surface area (Å²) in [5.74, 6) is -0.789. The molecule has 12 heteroatoms. The smallest absolute Gasteiger partial charge is 0.277 e. The molecule has 7 aliphatic rings. The van der Waals surface area contributed by atoms with Gasteiger partial charge in [-0.3, -0.25) is 38.8 Å². The first-order chi connectivity index (χ1) is 29.8. The van der Waals surface area contributed by atoms with Gasteiger partial charge in [0.05, 0.1) is 11.1 Å². The molecule has 4 amide bonds. The Labute approximate surface area is 359 Å². The van der Waals surface area contributed by atoms with E-state index in [0.717, 1.165) is 180 Å². The lowest BCUT2D eigenvalue weighted by Crippen LogP contribution is -2.47. The number of aromatic nitrogens is 2. The number of rotatable bonds is 0. The number of aromatic amines is 2. The van der Waals surface area contributed by atoms with Gasteiger partial charge in [0.25, 0.3) is 23.6 Å². The lowest BCUT2D eigenvalue weighted by atomic mass is 9.96. The Morgan fingerprint density at radius 2 is 0.770 bits per heavy atom. The second-order valence-electron chi connectivity index (χ2n) is 17.9. The number of hydrogen-bond acceptors (Lipinski definition) is 8. The first-order valence-corrected chi connectivity index (χ1v) is 23.1. The number of nitrogens with one attached hydrogen (secondary N) is 2. The van der Waals surface area contributed by atoms with Crippen molar-refractivity contribution in [2.75, 3.05) is 79.5 Å². The third-order valence-electron chi connectivity index (χ3n) is 14.0. The summed E-state index contributed by atoms with van der Waals surface area (Å²) in [5, 5.41) is 2.02. The summed E-state index contributed by atoms with van der Waals surface area (Å²) in [4.78, 5) is 74.9. The standard InChI is InChI=1S/C49H62N8O4/c1-52-46(58)42-40-34-18-12-14-20-36(34)50-38(40)22-10-7-5-3-4-6-8-11-23-39-41(35-19-13-15-21-37(35)51-39)43-45(49(61)53(2)47(43)59)57-32-28-55(29-33-57)25-17-9-16-24-54-26-30-56(31-27-54)44(42)48(52)60/h12-15,18-21,50-51H,3-11,16-17,22-33H2,1-2H3. The monoisotopic (exact) mass is 826 g/mol. The number of amides is 4. The Kier molecular flexibility index (Phi) is 12.2. The lowest BCUT2D eigenvalue weighted by Gasteiger charge is -2.37. The van der Waals surface area contributed by atoms with Gasteiger partial charge in [-0.05, 0) is 63.7 Å². The third kappa shape index (κ3) is 8.05. The van der Waals surface area contributed by atoms with Crippen LogP contribution in [0.2, 0.25) is 0 Å². The van der Waals surface area contributed by atoms with Gasteiger partial charge >= 0.3 is 0 Å². The van der Waals surface area contributed by atoms with E-state index >= 15 is 0 Å². The summed E-state index contributed by atoms with van der Waals surface area (Å²) < 4.78 is 0. The highest BCUT2D eigenvalue weighted by atomic mass is 16.2. The molecule has 11 rings (SSSR count). The Balaban J connectivity index is 0.934. The minimum absolute atomic E-state index is 0.193. The van der Waals surface area contributed by atoms with E-state index in [2.05, 4.69) is 53.8 Å². The van der Waals surface area contributed by atoms with Crippen molar-refractivity contribution < 1.29 is 19.2 Å². The average molecular weight is 827 g/mol. The Morgan fingerprint density at radius 3 is 1.18 bits per heavy atom. The lowest BCUT2D eigenvalue weighted by molar-refractivity contribution is -0.137. The van der Waals surface area contributed by atoms with Crippen molar-refractivity contribution >= 4 is 56.6 Å². The van der Waals surface area contributed by atoms with Crippen LogP contribution in [0.5, 0.6) is 0 Å². The fourth-order valence-corrected chi connectivity index (χ4v) is 10.5. The molecule has 0 saturated carbocycles. The second kappa shape index (κ2) is 18.0. The van der Waals surface area contributed by atoms with Crippen LogP contribution in [0, 0.1) is 0 Å². The molecule has 9 heterocycles. The second-order valence-corrected chi connectivity index (χ2v) is 17.9. The summed E-state index contributed by atoms with van der Waals surface area (Å²) in [6, 6.07) is 16.4. The van der Waals surface area contributed by atoms with Gasteiger partial charge in [-0.2, -0.15) is 0 Å². The topological polar surface area (TPSA) is 119 Å². The first kappa shape index (κ1) is 41.2. The number of nitrogens with zero attached hydrogens (tertiary/aromatic N) is 6. The number of carbonyl (C=O) groups is 4. The molecule has 2 fully saturated rings. The molecule has 0 radical (unpaired) electrons. The van der Waals surface area contributed by atoms with Gasteiger partial charge in [0.15, 0.2) is 0 Å². The van der Waals surface area contributed by atoms with E-state index in [1.165, 1.54) is 22.6 Å². The van der Waals surface area contributed by atoms with Gasteiger partial charge < -0.3 is 19.8 Å². The van der Waals surface area contributed by atoms with Crippen molar-refractivity contribution in [3.05, 3.63) is 82.4 Å². The largest absolute Gasteiger partial charge is 0.364 e. The quantitative estimate of drug-likeness (QED) is 0.196. The summed E-state index contributed by atoms with van der Waals surface area (Å²) in [6.45, 7) is 8.35. The number of likely N-dealkylation sites (N-methyl/N-ethyl adjacent to an activating group) is 2. The maximum absolute atomic E-state index is 14.0. The van der Waals surface area contributed by atoms with E-state index in [9.17, 15) is 19.2 Å². The van der Waals surface area contributed by atoms with Crippen LogP contribution < -0.4 is 0 Å². The zero-order valence-corrected chi connectivity index (χ0v) is 36.2. The molecule has 61 heavy (non-hydrogen) atoms. The van der Waals surface area contributed by atoms with Crippen molar-refractivity contribution in [2.24, 2.45) is 0 Å². The van der Waals surface area contributed by atoms with Crippen LogP contribution in [0.1, 0.15) is 93.1 Å². The van der Waals surface area contributed by atoms with Crippen LogP contribution in [0.4, 0.5) is 0 Å².